The molecule has 1 amide bonds. The highest BCUT2D eigenvalue weighted by molar-refractivity contribution is 5.73. The highest BCUT2D eigenvalue weighted by Gasteiger charge is 2.53. The first kappa shape index (κ1) is 33.3. The topological polar surface area (TPSA) is 298 Å². The van der Waals surface area contributed by atoms with E-state index >= 15 is 0 Å². The molecular formula is C22H39NO17. The average molecular weight is 590 g/mol. The number of nitrogens with one attached hydrogen (secondary N) is 1. The molecule has 6 unspecified atom stereocenters. The van der Waals surface area contributed by atoms with E-state index in [9.17, 15) is 61.0 Å². The Morgan fingerprint density at radius 3 is 2.08 bits per heavy atom. The summed E-state index contributed by atoms with van der Waals surface area (Å²) in [5.74, 6) is -0.601. The lowest BCUT2D eigenvalue weighted by Gasteiger charge is -2.48. The second kappa shape index (κ2) is 14.3. The lowest BCUT2D eigenvalue weighted by molar-refractivity contribution is -0.370. The summed E-state index contributed by atoms with van der Waals surface area (Å²) in [5.41, 5.74) is 0. The van der Waals surface area contributed by atoms with Crippen LogP contribution in [-0.4, -0.2) is 180 Å². The van der Waals surface area contributed by atoms with Gasteiger partial charge < -0.3 is 85.2 Å². The van der Waals surface area contributed by atoms with Crippen LogP contribution in [0.3, 0.4) is 0 Å². The van der Waals surface area contributed by atoms with Crippen molar-refractivity contribution < 1.29 is 84.7 Å². The largest absolute Gasteiger partial charge is 0.394 e. The van der Waals surface area contributed by atoms with Crippen molar-refractivity contribution in [1.29, 1.82) is 0 Å². The summed E-state index contributed by atoms with van der Waals surface area (Å²) in [7, 11) is 0. The molecule has 0 saturated carbocycles. The molecule has 0 radical (unpaired) electrons. The van der Waals surface area contributed by atoms with E-state index < -0.39 is 124 Å². The van der Waals surface area contributed by atoms with Gasteiger partial charge in [-0.05, 0) is 0 Å². The van der Waals surface area contributed by atoms with Gasteiger partial charge in [0, 0.05) is 13.3 Å². The van der Waals surface area contributed by atoms with Gasteiger partial charge in [0.05, 0.1) is 32.0 Å². The number of hydrogen-bond acceptors (Lipinski definition) is 17. The van der Waals surface area contributed by atoms with E-state index in [-0.39, 0.29) is 6.42 Å². The molecule has 0 aromatic rings. The van der Waals surface area contributed by atoms with E-state index in [1.165, 1.54) is 0 Å². The van der Waals surface area contributed by atoms with E-state index in [1.54, 1.807) is 0 Å². The third kappa shape index (κ3) is 7.24. The summed E-state index contributed by atoms with van der Waals surface area (Å²) in [6, 6.07) is -1.25. The maximum atomic E-state index is 11.6. The number of aliphatic hydroxyl groups is 11. The van der Waals surface area contributed by atoms with Crippen molar-refractivity contribution in [2.75, 3.05) is 19.8 Å². The fourth-order valence-electron chi connectivity index (χ4n) is 4.89. The Hall–Kier alpha value is -1.17. The smallest absolute Gasteiger partial charge is 0.217 e. The molecule has 0 aliphatic carbocycles. The van der Waals surface area contributed by atoms with Gasteiger partial charge in [-0.1, -0.05) is 0 Å². The highest BCUT2D eigenvalue weighted by Crippen LogP contribution is 2.32. The number of aliphatic hydroxyl groups excluding tert-OH is 11. The molecule has 0 bridgehead atoms. The molecular weight excluding hydrogens is 550 g/mol. The summed E-state index contributed by atoms with van der Waals surface area (Å²) in [5, 5.41) is 114. The molecule has 3 heterocycles. The molecule has 0 spiro atoms. The van der Waals surface area contributed by atoms with E-state index in [1.807, 2.05) is 0 Å². The standard InChI is InChI=1S/C22H39NO17/c1-6(27)23-12-7(28)2-11(38-19(12)13(30)8(29)3-24)39-20-14(31)9(4-25)37-22(17(20)34)40-18-10(5-26)36-21(35)16(33)15(18)32/h7-22,24-26,28-35H,2-5H2,1H3,(H,23,27)/t7-,8-,9?,10?,11?,12-,13-,14+,15-,16?,17?,18-,19?,20+,21-,22+/m1/s1. The number of rotatable bonds is 10. The molecule has 40 heavy (non-hydrogen) atoms. The van der Waals surface area contributed by atoms with Crippen LogP contribution in [0, 0.1) is 0 Å². The zero-order valence-corrected chi connectivity index (χ0v) is 21.4. The van der Waals surface area contributed by atoms with Crippen LogP contribution < -0.4 is 5.32 Å². The van der Waals surface area contributed by atoms with Crippen LogP contribution in [0.4, 0.5) is 0 Å². The second-order valence-electron chi connectivity index (χ2n) is 9.94. The van der Waals surface area contributed by atoms with Crippen molar-refractivity contribution in [3.05, 3.63) is 0 Å². The lowest BCUT2D eigenvalue weighted by atomic mass is 9.92. The molecule has 3 rings (SSSR count). The minimum atomic E-state index is -1.89. The molecule has 12 N–H and O–H groups in total. The Morgan fingerprint density at radius 1 is 0.850 bits per heavy atom. The molecule has 16 atom stereocenters. The normalized spacial score (nSPS) is 46.0. The van der Waals surface area contributed by atoms with E-state index in [0.717, 1.165) is 6.92 Å². The zero-order valence-electron chi connectivity index (χ0n) is 21.4. The summed E-state index contributed by atoms with van der Waals surface area (Å²) in [6.07, 6.45) is -25.4. The van der Waals surface area contributed by atoms with E-state index in [2.05, 4.69) is 5.32 Å². The van der Waals surface area contributed by atoms with Crippen molar-refractivity contribution >= 4 is 5.91 Å². The first-order valence-corrected chi connectivity index (χ1v) is 12.7. The minimum Gasteiger partial charge on any atom is -0.394 e. The van der Waals surface area contributed by atoms with Crippen LogP contribution in [0.5, 0.6) is 0 Å². The Kier molecular flexibility index (Phi) is 11.9. The first-order valence-electron chi connectivity index (χ1n) is 12.7. The van der Waals surface area contributed by atoms with Gasteiger partial charge in [-0.3, -0.25) is 4.79 Å². The molecule has 18 nitrogen and oxygen atoms in total. The highest BCUT2D eigenvalue weighted by atomic mass is 16.7. The molecule has 234 valence electrons. The van der Waals surface area contributed by atoms with Crippen LogP contribution in [0.15, 0.2) is 0 Å². The van der Waals surface area contributed by atoms with Crippen LogP contribution >= 0.6 is 0 Å². The van der Waals surface area contributed by atoms with Gasteiger partial charge in [0.15, 0.2) is 18.9 Å². The van der Waals surface area contributed by atoms with Gasteiger partial charge in [-0.2, -0.15) is 0 Å². The molecule has 3 aliphatic heterocycles. The number of ether oxygens (including phenoxy) is 5. The number of amides is 1. The summed E-state index contributed by atoms with van der Waals surface area (Å²) < 4.78 is 27.3. The van der Waals surface area contributed by atoms with Crippen molar-refractivity contribution in [2.45, 2.75) is 112 Å². The first-order chi connectivity index (χ1) is 18.8. The number of carbonyl (C=O) groups excluding carboxylic acids is 1. The number of hydrogen-bond donors (Lipinski definition) is 12. The van der Waals surface area contributed by atoms with Gasteiger partial charge in [-0.15, -0.1) is 0 Å². The van der Waals surface area contributed by atoms with Crippen molar-refractivity contribution in [3.63, 3.8) is 0 Å². The van der Waals surface area contributed by atoms with Gasteiger partial charge in [0.1, 0.15) is 67.1 Å². The Morgan fingerprint density at radius 2 is 1.50 bits per heavy atom. The predicted molar refractivity (Wildman–Crippen MR) is 123 cm³/mol. The lowest BCUT2D eigenvalue weighted by Crippen LogP contribution is -2.66. The Labute approximate surface area is 227 Å². The van der Waals surface area contributed by atoms with Gasteiger partial charge >= 0.3 is 0 Å². The van der Waals surface area contributed by atoms with E-state index in [0.29, 0.717) is 0 Å². The third-order valence-corrected chi connectivity index (χ3v) is 7.06. The molecule has 18 heteroatoms. The summed E-state index contributed by atoms with van der Waals surface area (Å²) in [6.45, 7) is -1.35. The fraction of sp³-hybridized carbons (Fsp3) is 0.955. The van der Waals surface area contributed by atoms with Crippen molar-refractivity contribution in [3.8, 4) is 0 Å². The van der Waals surface area contributed by atoms with Gasteiger partial charge in [0.2, 0.25) is 5.91 Å². The van der Waals surface area contributed by atoms with Crippen molar-refractivity contribution in [2.24, 2.45) is 0 Å². The maximum Gasteiger partial charge on any atom is 0.217 e. The van der Waals surface area contributed by atoms with Gasteiger partial charge in [-0.25, -0.2) is 0 Å². The van der Waals surface area contributed by atoms with Crippen molar-refractivity contribution in [1.82, 2.24) is 5.32 Å². The molecule has 3 fully saturated rings. The Bertz CT molecular complexity index is 807. The molecule has 0 aromatic carbocycles. The van der Waals surface area contributed by atoms with Crippen LogP contribution in [0.1, 0.15) is 13.3 Å². The summed E-state index contributed by atoms with van der Waals surface area (Å²) >= 11 is 0. The Balaban J connectivity index is 1.80. The average Bonchev–Trinajstić information content (AvgIpc) is 2.92. The van der Waals surface area contributed by atoms with Crippen LogP contribution in [0.2, 0.25) is 0 Å². The SMILES string of the molecule is CC(=O)N[C@H]1C([C@H](O)[C@H](O)CO)OC(O[C@@H]2C(O)[C@H](O[C@@H]3C(CO)O[C@@H](O)C(O)[C@H]3O)OC(CO)[C@@H]2O)C[C@H]1O. The quantitative estimate of drug-likeness (QED) is 0.113. The fourth-order valence-corrected chi connectivity index (χ4v) is 4.89. The third-order valence-electron chi connectivity index (χ3n) is 7.06. The maximum absolute atomic E-state index is 11.6. The summed E-state index contributed by atoms with van der Waals surface area (Å²) in [4.78, 5) is 11.6. The molecule has 3 saturated heterocycles. The van der Waals surface area contributed by atoms with E-state index in [4.69, 9.17) is 23.7 Å². The van der Waals surface area contributed by atoms with Crippen LogP contribution in [0.25, 0.3) is 0 Å². The van der Waals surface area contributed by atoms with Gasteiger partial charge in [0.25, 0.3) is 0 Å². The predicted octanol–water partition coefficient (Wildman–Crippen LogP) is -7.68. The monoisotopic (exact) mass is 589 g/mol. The zero-order chi connectivity index (χ0) is 29.9. The molecule has 3 aliphatic rings. The second-order valence-corrected chi connectivity index (χ2v) is 9.94. The number of carbonyl (C=O) groups is 1. The van der Waals surface area contributed by atoms with Crippen LogP contribution in [-0.2, 0) is 28.5 Å². The minimum absolute atomic E-state index is 0.374. The molecule has 0 aromatic heterocycles.